The van der Waals surface area contributed by atoms with Crippen LogP contribution in [0.1, 0.15) is 24.0 Å². The van der Waals surface area contributed by atoms with Crippen molar-refractivity contribution in [1.29, 1.82) is 0 Å². The average molecular weight is 282 g/mol. The van der Waals surface area contributed by atoms with E-state index in [0.29, 0.717) is 0 Å². The molecule has 0 saturated carbocycles. The number of alkyl halides is 2. The number of hydrogen-bond donors (Lipinski definition) is 1. The van der Waals surface area contributed by atoms with Crippen LogP contribution in [0.4, 0.5) is 14.5 Å². The van der Waals surface area contributed by atoms with Crippen molar-refractivity contribution >= 4 is 11.6 Å². The first kappa shape index (κ1) is 14.9. The fraction of sp³-hybridized carbons (Fsp3) is 0.533. The molecule has 1 N–H and O–H groups in total. The van der Waals surface area contributed by atoms with Gasteiger partial charge < -0.3 is 5.32 Å². The van der Waals surface area contributed by atoms with Crippen LogP contribution in [0.5, 0.6) is 0 Å². The summed E-state index contributed by atoms with van der Waals surface area (Å²) in [6, 6.07) is 5.72. The quantitative estimate of drug-likeness (QED) is 0.924. The lowest BCUT2D eigenvalue weighted by atomic mass is 10.1. The minimum atomic E-state index is -2.57. The van der Waals surface area contributed by atoms with Gasteiger partial charge in [-0.1, -0.05) is 12.1 Å². The molecular formula is C15H20F2N2O. The Balaban J connectivity index is 1.89. The summed E-state index contributed by atoms with van der Waals surface area (Å²) in [6.07, 6.45) is -0.326. The number of amides is 1. The minimum Gasteiger partial charge on any atom is -0.325 e. The largest absolute Gasteiger partial charge is 0.325 e. The van der Waals surface area contributed by atoms with Gasteiger partial charge in [-0.25, -0.2) is 8.78 Å². The van der Waals surface area contributed by atoms with Crippen LogP contribution in [0.25, 0.3) is 0 Å². The molecule has 1 aromatic carbocycles. The predicted octanol–water partition coefficient (Wildman–Crippen LogP) is 2.97. The van der Waals surface area contributed by atoms with Crippen molar-refractivity contribution in [1.82, 2.24) is 4.90 Å². The first-order valence-electron chi connectivity index (χ1n) is 6.84. The molecule has 1 saturated heterocycles. The third-order valence-corrected chi connectivity index (χ3v) is 3.83. The van der Waals surface area contributed by atoms with E-state index in [1.165, 1.54) is 0 Å². The Kier molecular flexibility index (Phi) is 4.38. The second kappa shape index (κ2) is 5.87. The number of benzene rings is 1. The highest BCUT2D eigenvalue weighted by Crippen LogP contribution is 2.27. The number of piperidine rings is 1. The van der Waals surface area contributed by atoms with Gasteiger partial charge in [0.25, 0.3) is 5.92 Å². The topological polar surface area (TPSA) is 32.3 Å². The Morgan fingerprint density at radius 2 is 1.95 bits per heavy atom. The van der Waals surface area contributed by atoms with Crippen LogP contribution in [0.15, 0.2) is 18.2 Å². The second-order valence-electron chi connectivity index (χ2n) is 5.43. The summed E-state index contributed by atoms with van der Waals surface area (Å²) in [4.78, 5) is 13.7. The molecule has 1 aliphatic heterocycles. The van der Waals surface area contributed by atoms with Crippen LogP contribution in [0, 0.1) is 13.8 Å². The summed E-state index contributed by atoms with van der Waals surface area (Å²) in [5.41, 5.74) is 2.93. The number of nitrogens with zero attached hydrogens (tertiary/aromatic N) is 1. The number of halogens is 2. The molecule has 2 rings (SSSR count). The smallest absolute Gasteiger partial charge is 0.250 e. The van der Waals surface area contributed by atoms with Gasteiger partial charge in [-0.05, 0) is 31.0 Å². The normalized spacial score (nSPS) is 18.8. The highest BCUT2D eigenvalue weighted by atomic mass is 19.3. The molecule has 0 atom stereocenters. The van der Waals surface area contributed by atoms with Crippen LogP contribution in [-0.2, 0) is 4.79 Å². The average Bonchev–Trinajstić information content (AvgIpc) is 2.38. The number of aryl methyl sites for hydroxylation is 1. The standard InChI is InChI=1S/C15H20F2N2O/c1-11-4-3-5-13(12(11)2)18-14(20)10-19-8-6-15(16,17)7-9-19/h3-5H,6-10H2,1-2H3,(H,18,20). The molecule has 1 aromatic rings. The molecule has 0 aliphatic carbocycles. The highest BCUT2D eigenvalue weighted by molar-refractivity contribution is 5.93. The summed E-state index contributed by atoms with van der Waals surface area (Å²) in [5, 5.41) is 2.85. The molecule has 0 bridgehead atoms. The number of likely N-dealkylation sites (tertiary alicyclic amines) is 1. The maximum absolute atomic E-state index is 13.0. The monoisotopic (exact) mass is 282 g/mol. The van der Waals surface area contributed by atoms with Gasteiger partial charge in [0.05, 0.1) is 6.54 Å². The third-order valence-electron chi connectivity index (χ3n) is 3.83. The van der Waals surface area contributed by atoms with Gasteiger partial charge in [-0.2, -0.15) is 0 Å². The van der Waals surface area contributed by atoms with Gasteiger partial charge in [-0.3, -0.25) is 9.69 Å². The maximum atomic E-state index is 13.0. The van der Waals surface area contributed by atoms with Crippen molar-refractivity contribution in [3.8, 4) is 0 Å². The number of hydrogen-bond acceptors (Lipinski definition) is 2. The van der Waals surface area contributed by atoms with Crippen LogP contribution >= 0.6 is 0 Å². The molecule has 20 heavy (non-hydrogen) atoms. The first-order chi connectivity index (χ1) is 9.37. The summed E-state index contributed by atoms with van der Waals surface area (Å²) >= 11 is 0. The predicted molar refractivity (Wildman–Crippen MR) is 75.2 cm³/mol. The van der Waals surface area contributed by atoms with Crippen molar-refractivity contribution in [2.24, 2.45) is 0 Å². The summed E-state index contributed by atoms with van der Waals surface area (Å²) < 4.78 is 26.1. The van der Waals surface area contributed by atoms with Gasteiger partial charge in [0.15, 0.2) is 0 Å². The molecule has 0 spiro atoms. The number of carbonyl (C=O) groups excluding carboxylic acids is 1. The highest BCUT2D eigenvalue weighted by Gasteiger charge is 2.34. The zero-order valence-corrected chi connectivity index (χ0v) is 11.9. The van der Waals surface area contributed by atoms with E-state index < -0.39 is 5.92 Å². The Morgan fingerprint density at radius 1 is 1.30 bits per heavy atom. The van der Waals surface area contributed by atoms with Gasteiger partial charge in [0.2, 0.25) is 5.91 Å². The van der Waals surface area contributed by atoms with E-state index in [1.54, 1.807) is 4.90 Å². The van der Waals surface area contributed by atoms with E-state index in [0.717, 1.165) is 16.8 Å². The molecule has 1 aliphatic rings. The molecule has 3 nitrogen and oxygen atoms in total. The fourth-order valence-electron chi connectivity index (χ4n) is 2.32. The van der Waals surface area contributed by atoms with E-state index in [2.05, 4.69) is 5.32 Å². The van der Waals surface area contributed by atoms with Gasteiger partial charge in [0.1, 0.15) is 0 Å². The molecule has 0 aromatic heterocycles. The Bertz CT molecular complexity index is 493. The molecule has 0 unspecified atom stereocenters. The van der Waals surface area contributed by atoms with E-state index in [-0.39, 0.29) is 38.4 Å². The molecule has 110 valence electrons. The first-order valence-corrected chi connectivity index (χ1v) is 6.84. The number of nitrogens with one attached hydrogen (secondary N) is 1. The van der Waals surface area contributed by atoms with Crippen molar-refractivity contribution in [3.05, 3.63) is 29.3 Å². The van der Waals surface area contributed by atoms with Crippen molar-refractivity contribution in [2.45, 2.75) is 32.6 Å². The third kappa shape index (κ3) is 3.76. The molecule has 1 fully saturated rings. The number of rotatable bonds is 3. The summed E-state index contributed by atoms with van der Waals surface area (Å²) in [6.45, 7) is 4.65. The van der Waals surface area contributed by atoms with Crippen LogP contribution in [0.3, 0.4) is 0 Å². The van der Waals surface area contributed by atoms with Crippen LogP contribution < -0.4 is 5.32 Å². The van der Waals surface area contributed by atoms with Crippen molar-refractivity contribution in [3.63, 3.8) is 0 Å². The summed E-state index contributed by atoms with van der Waals surface area (Å²) in [7, 11) is 0. The lowest BCUT2D eigenvalue weighted by molar-refractivity contribution is -0.119. The lowest BCUT2D eigenvalue weighted by Crippen LogP contribution is -2.43. The minimum absolute atomic E-state index is 0.149. The molecular weight excluding hydrogens is 262 g/mol. The molecule has 0 radical (unpaired) electrons. The fourth-order valence-corrected chi connectivity index (χ4v) is 2.32. The maximum Gasteiger partial charge on any atom is 0.250 e. The molecule has 1 heterocycles. The number of carbonyl (C=O) groups is 1. The second-order valence-corrected chi connectivity index (χ2v) is 5.43. The van der Waals surface area contributed by atoms with E-state index in [4.69, 9.17) is 0 Å². The van der Waals surface area contributed by atoms with Crippen molar-refractivity contribution < 1.29 is 13.6 Å². The van der Waals surface area contributed by atoms with Crippen LogP contribution in [0.2, 0.25) is 0 Å². The van der Waals surface area contributed by atoms with E-state index in [1.807, 2.05) is 32.0 Å². The van der Waals surface area contributed by atoms with Gasteiger partial charge in [-0.15, -0.1) is 0 Å². The Morgan fingerprint density at radius 3 is 2.60 bits per heavy atom. The Hall–Kier alpha value is -1.49. The zero-order chi connectivity index (χ0) is 14.8. The zero-order valence-electron chi connectivity index (χ0n) is 11.9. The molecule has 1 amide bonds. The van der Waals surface area contributed by atoms with E-state index in [9.17, 15) is 13.6 Å². The number of anilines is 1. The molecule has 5 heteroatoms. The Labute approximate surface area is 118 Å². The van der Waals surface area contributed by atoms with Gasteiger partial charge in [0, 0.05) is 31.6 Å². The van der Waals surface area contributed by atoms with Gasteiger partial charge >= 0.3 is 0 Å². The SMILES string of the molecule is Cc1cccc(NC(=O)CN2CCC(F)(F)CC2)c1C. The van der Waals surface area contributed by atoms with Crippen molar-refractivity contribution in [2.75, 3.05) is 25.0 Å². The van der Waals surface area contributed by atoms with E-state index >= 15 is 0 Å². The summed E-state index contributed by atoms with van der Waals surface area (Å²) in [5.74, 6) is -2.72. The lowest BCUT2D eigenvalue weighted by Gasteiger charge is -2.31. The van der Waals surface area contributed by atoms with Crippen LogP contribution in [-0.4, -0.2) is 36.4 Å².